The van der Waals surface area contributed by atoms with Crippen LogP contribution >= 0.6 is 0 Å². The number of benzene rings is 2. The zero-order valence-corrected chi connectivity index (χ0v) is 26.2. The third kappa shape index (κ3) is 7.44. The molecule has 38 heavy (non-hydrogen) atoms. The van der Waals surface area contributed by atoms with E-state index in [4.69, 9.17) is 0 Å². The Balaban J connectivity index is 0.00000507. The van der Waals surface area contributed by atoms with Gasteiger partial charge in [-0.3, -0.25) is 4.55 Å². The normalized spacial score (nSPS) is 16.2. The average molecular weight is 570 g/mol. The van der Waals surface area contributed by atoms with E-state index in [-0.39, 0.29) is 41.0 Å². The molecule has 3 rings (SSSR count). The Morgan fingerprint density at radius 2 is 1.47 bits per heavy atom. The van der Waals surface area contributed by atoms with Crippen LogP contribution in [0.5, 0.6) is 0 Å². The molecule has 0 saturated heterocycles. The van der Waals surface area contributed by atoms with E-state index in [1.807, 2.05) is 62.4 Å². The second-order valence-electron chi connectivity index (χ2n) is 8.76. The maximum absolute atomic E-state index is 12.3. The summed E-state index contributed by atoms with van der Waals surface area (Å²) in [4.78, 5) is 1.17. The molecule has 11 heteroatoms. The van der Waals surface area contributed by atoms with Crippen LogP contribution in [0.4, 0.5) is 5.69 Å². The van der Waals surface area contributed by atoms with E-state index in [1.165, 1.54) is 0 Å². The first kappa shape index (κ1) is 32.4. The fraction of sp³-hybridized carbons (Fsp3) is 0.370. The average Bonchev–Trinajstić information content (AvgIpc) is 2.86. The minimum Gasteiger partial charge on any atom is -0.744 e. The van der Waals surface area contributed by atoms with Gasteiger partial charge in [-0.05, 0) is 69.2 Å². The van der Waals surface area contributed by atoms with E-state index < -0.39 is 35.9 Å². The summed E-state index contributed by atoms with van der Waals surface area (Å²) >= 11 is 0. The van der Waals surface area contributed by atoms with Crippen molar-refractivity contribution in [3.8, 4) is 0 Å². The molecule has 0 aliphatic heterocycles. The minimum atomic E-state index is -4.95. The van der Waals surface area contributed by atoms with Crippen LogP contribution in [0.1, 0.15) is 44.7 Å². The monoisotopic (exact) mass is 569 g/mol. The maximum Gasteiger partial charge on any atom is 1.00 e. The van der Waals surface area contributed by atoms with E-state index in [9.17, 15) is 25.9 Å². The van der Waals surface area contributed by atoms with Crippen molar-refractivity contribution in [2.75, 3.05) is 31.1 Å². The molecule has 2 aromatic rings. The van der Waals surface area contributed by atoms with Gasteiger partial charge in [0.25, 0.3) is 10.1 Å². The Labute approximate surface area is 248 Å². The molecule has 0 spiro atoms. The summed E-state index contributed by atoms with van der Waals surface area (Å²) in [6.07, 6.45) is 7.76. The summed E-state index contributed by atoms with van der Waals surface area (Å²) in [6, 6.07) is 10.6. The van der Waals surface area contributed by atoms with Crippen molar-refractivity contribution in [3.05, 3.63) is 77.9 Å². The Morgan fingerprint density at radius 3 is 1.92 bits per heavy atom. The van der Waals surface area contributed by atoms with Crippen LogP contribution in [0.2, 0.25) is 0 Å². The first-order chi connectivity index (χ1) is 17.4. The van der Waals surface area contributed by atoms with E-state index in [0.29, 0.717) is 5.56 Å². The molecule has 0 saturated carbocycles. The number of allylic oxidation sites excluding steroid dienone is 4. The Morgan fingerprint density at radius 1 is 0.921 bits per heavy atom. The van der Waals surface area contributed by atoms with Crippen molar-refractivity contribution in [1.82, 2.24) is 0 Å². The van der Waals surface area contributed by atoms with Crippen LogP contribution in [0.25, 0.3) is 0 Å². The van der Waals surface area contributed by atoms with Gasteiger partial charge >= 0.3 is 29.6 Å². The van der Waals surface area contributed by atoms with Gasteiger partial charge in [0, 0.05) is 42.8 Å². The number of nitrogens with zero attached hydrogens (tertiary/aromatic N) is 2. The molecule has 0 amide bonds. The van der Waals surface area contributed by atoms with Crippen LogP contribution in [-0.4, -0.2) is 62.4 Å². The molecule has 2 aromatic carbocycles. The van der Waals surface area contributed by atoms with Gasteiger partial charge in [0.2, 0.25) is 0 Å². The van der Waals surface area contributed by atoms with Crippen molar-refractivity contribution in [2.45, 2.75) is 43.4 Å². The van der Waals surface area contributed by atoms with Gasteiger partial charge in [-0.25, -0.2) is 13.0 Å². The van der Waals surface area contributed by atoms with Gasteiger partial charge in [0.15, 0.2) is 5.71 Å². The number of hydrogen-bond donors (Lipinski definition) is 1. The molecular formula is C27H34N2NaO6S2+. The molecule has 8 nitrogen and oxygen atoms in total. The molecule has 0 aromatic heterocycles. The number of rotatable bonds is 10. The van der Waals surface area contributed by atoms with Crippen molar-refractivity contribution in [2.24, 2.45) is 5.92 Å². The SMILES string of the molecule is CCN(CC)c1ccc(C(c2cc(S(=O)(=O)O)ccc2S(=O)(=O)[O-])C2C=CC(=[N+](CC)CC)C=C2)cc1.[Na+]. The van der Waals surface area contributed by atoms with E-state index in [2.05, 4.69) is 23.3 Å². The van der Waals surface area contributed by atoms with Crippen LogP contribution in [0.15, 0.2) is 76.6 Å². The molecule has 0 bridgehead atoms. The Kier molecular flexibility index (Phi) is 11.5. The molecule has 0 radical (unpaired) electrons. The fourth-order valence-corrected chi connectivity index (χ4v) is 6.03. The van der Waals surface area contributed by atoms with Crippen LogP contribution in [-0.2, 0) is 20.2 Å². The summed E-state index contributed by atoms with van der Waals surface area (Å²) in [5.74, 6) is -1.08. The fourth-order valence-electron chi connectivity index (χ4n) is 4.81. The molecule has 0 fully saturated rings. The Hall–Kier alpha value is -1.79. The number of hydrogen-bond acceptors (Lipinski definition) is 6. The summed E-state index contributed by atoms with van der Waals surface area (Å²) in [7, 11) is -9.58. The molecular weight excluding hydrogens is 535 g/mol. The second kappa shape index (κ2) is 13.5. The van der Waals surface area contributed by atoms with Gasteiger partial charge < -0.3 is 9.45 Å². The number of anilines is 1. The predicted octanol–water partition coefficient (Wildman–Crippen LogP) is 1.06. The standard InChI is InChI=1S/C27H34N2O6S2.Na/c1-5-28(6-2)22-13-9-20(10-14-22)27(21-11-15-23(16-12-21)29(7-3)8-4)25-19-24(36(30,31)32)17-18-26(25)37(33,34)35;/h9-20,27H,5-8H2,1-4H3,(H-,30,31,32,33,34,35);/q;+1. The largest absolute Gasteiger partial charge is 1.00 e. The van der Waals surface area contributed by atoms with E-state index >= 15 is 0 Å². The van der Waals surface area contributed by atoms with Gasteiger partial charge in [-0.2, -0.15) is 8.42 Å². The van der Waals surface area contributed by atoms with Gasteiger partial charge in [0.05, 0.1) is 9.79 Å². The predicted molar refractivity (Wildman–Crippen MR) is 144 cm³/mol. The smallest absolute Gasteiger partial charge is 0.744 e. The molecule has 200 valence electrons. The van der Waals surface area contributed by atoms with Crippen molar-refractivity contribution >= 4 is 31.6 Å². The first-order valence-electron chi connectivity index (χ1n) is 12.3. The summed E-state index contributed by atoms with van der Waals surface area (Å²) < 4.78 is 72.5. The summed E-state index contributed by atoms with van der Waals surface area (Å²) in [5, 5.41) is 0. The molecule has 1 aliphatic rings. The van der Waals surface area contributed by atoms with E-state index in [0.717, 1.165) is 55.8 Å². The van der Waals surface area contributed by atoms with Gasteiger partial charge in [-0.1, -0.05) is 24.3 Å². The van der Waals surface area contributed by atoms with Gasteiger partial charge in [0.1, 0.15) is 23.2 Å². The minimum absolute atomic E-state index is 0. The van der Waals surface area contributed by atoms with E-state index in [1.54, 1.807) is 0 Å². The Bertz CT molecular complexity index is 1410. The molecule has 1 aliphatic carbocycles. The van der Waals surface area contributed by atoms with Crippen molar-refractivity contribution in [3.63, 3.8) is 0 Å². The third-order valence-electron chi connectivity index (χ3n) is 6.76. The summed E-state index contributed by atoms with van der Waals surface area (Å²) in [5.41, 5.74) is 2.72. The molecule has 1 atom stereocenters. The quantitative estimate of drug-likeness (QED) is 0.258. The van der Waals surface area contributed by atoms with Crippen LogP contribution in [0, 0.1) is 5.92 Å². The first-order valence-corrected chi connectivity index (χ1v) is 15.2. The zero-order chi connectivity index (χ0) is 27.4. The third-order valence-corrected chi connectivity index (χ3v) is 8.52. The van der Waals surface area contributed by atoms with Crippen molar-refractivity contribution < 1.29 is 60.1 Å². The zero-order valence-electron chi connectivity index (χ0n) is 22.5. The molecule has 1 unspecified atom stereocenters. The molecule has 0 heterocycles. The summed E-state index contributed by atoms with van der Waals surface area (Å²) in [6.45, 7) is 11.5. The second-order valence-corrected chi connectivity index (χ2v) is 11.5. The molecule has 1 N–H and O–H groups in total. The van der Waals surface area contributed by atoms with Crippen LogP contribution in [0.3, 0.4) is 0 Å². The topological polar surface area (TPSA) is 118 Å². The van der Waals surface area contributed by atoms with Gasteiger partial charge in [-0.15, -0.1) is 0 Å². The van der Waals surface area contributed by atoms with Crippen LogP contribution < -0.4 is 34.5 Å². The van der Waals surface area contributed by atoms with Crippen molar-refractivity contribution in [1.29, 1.82) is 0 Å². The maximum atomic E-state index is 12.3.